The first-order valence-electron chi connectivity index (χ1n) is 4.59. The van der Waals surface area contributed by atoms with E-state index in [1.807, 2.05) is 6.26 Å². The van der Waals surface area contributed by atoms with Crippen molar-refractivity contribution in [1.29, 1.82) is 0 Å². The van der Waals surface area contributed by atoms with E-state index >= 15 is 0 Å². The number of hydrogen-bond acceptors (Lipinski definition) is 5. The zero-order valence-corrected chi connectivity index (χ0v) is 9.54. The molecule has 0 aliphatic rings. The third kappa shape index (κ3) is 3.93. The van der Waals surface area contributed by atoms with Crippen LogP contribution in [-0.4, -0.2) is 23.0 Å². The van der Waals surface area contributed by atoms with Crippen LogP contribution in [0, 0.1) is 10.1 Å². The van der Waals surface area contributed by atoms with Crippen molar-refractivity contribution < 1.29 is 9.34 Å². The Morgan fingerprint density at radius 1 is 1.67 bits per heavy atom. The summed E-state index contributed by atoms with van der Waals surface area (Å²) < 4.78 is 5.01. The molecule has 0 amide bonds. The van der Waals surface area contributed by atoms with Crippen molar-refractivity contribution in [2.75, 3.05) is 12.0 Å². The Morgan fingerprint density at radius 2 is 2.40 bits per heavy atom. The molecule has 0 fully saturated rings. The third-order valence-electron chi connectivity index (χ3n) is 1.87. The largest absolute Gasteiger partial charge is 0.433 e. The van der Waals surface area contributed by atoms with E-state index in [0.717, 1.165) is 5.75 Å². The van der Waals surface area contributed by atoms with E-state index in [9.17, 15) is 10.1 Å². The molecule has 5 nitrogen and oxygen atoms in total. The highest BCUT2D eigenvalue weighted by molar-refractivity contribution is 7.98. The SMILES string of the molecule is CSCC(C)NCc1ccc([N+](=O)[O-])o1. The molecule has 1 atom stereocenters. The predicted octanol–water partition coefficient (Wildman–Crippen LogP) is 2.03. The van der Waals surface area contributed by atoms with E-state index in [0.29, 0.717) is 18.3 Å². The van der Waals surface area contributed by atoms with Crippen LogP contribution in [0.1, 0.15) is 12.7 Å². The van der Waals surface area contributed by atoms with Gasteiger partial charge >= 0.3 is 5.88 Å². The Bertz CT molecular complexity index is 327. The van der Waals surface area contributed by atoms with Crippen LogP contribution >= 0.6 is 11.8 Å². The van der Waals surface area contributed by atoms with E-state index in [1.165, 1.54) is 6.07 Å². The lowest BCUT2D eigenvalue weighted by Crippen LogP contribution is -2.27. The van der Waals surface area contributed by atoms with Gasteiger partial charge in [-0.1, -0.05) is 0 Å². The summed E-state index contributed by atoms with van der Waals surface area (Å²) in [5, 5.41) is 13.6. The number of nitrogens with zero attached hydrogens (tertiary/aromatic N) is 1. The predicted molar refractivity (Wildman–Crippen MR) is 60.0 cm³/mol. The maximum atomic E-state index is 10.3. The lowest BCUT2D eigenvalue weighted by molar-refractivity contribution is -0.402. The van der Waals surface area contributed by atoms with Crippen LogP contribution in [0.3, 0.4) is 0 Å². The number of furan rings is 1. The molecule has 0 aromatic carbocycles. The second-order valence-corrected chi connectivity index (χ2v) is 4.15. The topological polar surface area (TPSA) is 68.3 Å². The monoisotopic (exact) mass is 230 g/mol. The summed E-state index contributed by atoms with van der Waals surface area (Å²) in [6.45, 7) is 2.59. The molecular formula is C9H14N2O3S. The first kappa shape index (κ1) is 12.1. The number of nitro groups is 1. The Hall–Kier alpha value is -1.01. The molecule has 1 N–H and O–H groups in total. The highest BCUT2D eigenvalue weighted by Crippen LogP contribution is 2.15. The highest BCUT2D eigenvalue weighted by Gasteiger charge is 2.11. The molecule has 0 aliphatic heterocycles. The number of nitrogens with one attached hydrogen (secondary N) is 1. The average Bonchev–Trinajstić information content (AvgIpc) is 2.63. The van der Waals surface area contributed by atoms with Crippen molar-refractivity contribution in [2.45, 2.75) is 19.5 Å². The summed E-state index contributed by atoms with van der Waals surface area (Å²) in [6.07, 6.45) is 2.04. The fourth-order valence-electron chi connectivity index (χ4n) is 1.14. The van der Waals surface area contributed by atoms with Crippen LogP contribution in [0.5, 0.6) is 0 Å². The van der Waals surface area contributed by atoms with Gasteiger partial charge in [0.25, 0.3) is 0 Å². The van der Waals surface area contributed by atoms with Gasteiger partial charge in [-0.2, -0.15) is 11.8 Å². The summed E-state index contributed by atoms with van der Waals surface area (Å²) in [5.41, 5.74) is 0. The van der Waals surface area contributed by atoms with Gasteiger partial charge in [-0.25, -0.2) is 0 Å². The fraction of sp³-hybridized carbons (Fsp3) is 0.556. The molecule has 1 aromatic rings. The summed E-state index contributed by atoms with van der Waals surface area (Å²) in [7, 11) is 0. The van der Waals surface area contributed by atoms with Gasteiger partial charge in [0, 0.05) is 11.8 Å². The van der Waals surface area contributed by atoms with Crippen molar-refractivity contribution in [1.82, 2.24) is 5.32 Å². The number of hydrogen-bond donors (Lipinski definition) is 1. The molecule has 84 valence electrons. The molecule has 0 bridgehead atoms. The van der Waals surface area contributed by atoms with E-state index in [4.69, 9.17) is 4.42 Å². The van der Waals surface area contributed by atoms with E-state index in [1.54, 1.807) is 17.8 Å². The van der Waals surface area contributed by atoms with Crippen molar-refractivity contribution in [3.05, 3.63) is 28.0 Å². The van der Waals surface area contributed by atoms with E-state index in [-0.39, 0.29) is 5.88 Å². The summed E-state index contributed by atoms with van der Waals surface area (Å²) in [5.74, 6) is 1.39. The molecule has 1 heterocycles. The quantitative estimate of drug-likeness (QED) is 0.598. The second kappa shape index (κ2) is 5.77. The van der Waals surface area contributed by atoms with Gasteiger partial charge in [0.15, 0.2) is 0 Å². The first-order chi connectivity index (χ1) is 7.13. The van der Waals surface area contributed by atoms with Gasteiger partial charge in [-0.05, 0) is 19.2 Å². The zero-order chi connectivity index (χ0) is 11.3. The molecule has 1 unspecified atom stereocenters. The molecular weight excluding hydrogens is 216 g/mol. The van der Waals surface area contributed by atoms with Crippen LogP contribution in [0.2, 0.25) is 0 Å². The van der Waals surface area contributed by atoms with Gasteiger partial charge in [0.2, 0.25) is 0 Å². The van der Waals surface area contributed by atoms with Crippen molar-refractivity contribution >= 4 is 17.6 Å². The smallest absolute Gasteiger partial charge is 0.404 e. The van der Waals surface area contributed by atoms with Crippen LogP contribution in [0.25, 0.3) is 0 Å². The molecule has 0 saturated heterocycles. The fourth-order valence-corrected chi connectivity index (χ4v) is 1.76. The molecule has 1 aromatic heterocycles. The van der Waals surface area contributed by atoms with Crippen molar-refractivity contribution in [2.24, 2.45) is 0 Å². The molecule has 0 saturated carbocycles. The summed E-state index contributed by atoms with van der Waals surface area (Å²) in [6, 6.07) is 3.36. The average molecular weight is 230 g/mol. The van der Waals surface area contributed by atoms with Gasteiger partial charge in [0.05, 0.1) is 12.6 Å². The highest BCUT2D eigenvalue weighted by atomic mass is 32.2. The van der Waals surface area contributed by atoms with Crippen LogP contribution < -0.4 is 5.32 Å². The lowest BCUT2D eigenvalue weighted by atomic mass is 10.3. The normalized spacial score (nSPS) is 12.7. The van der Waals surface area contributed by atoms with Crippen molar-refractivity contribution in [3.8, 4) is 0 Å². The molecule has 0 spiro atoms. The second-order valence-electron chi connectivity index (χ2n) is 3.23. The molecule has 0 aliphatic carbocycles. The lowest BCUT2D eigenvalue weighted by Gasteiger charge is -2.10. The van der Waals surface area contributed by atoms with E-state index < -0.39 is 4.92 Å². The summed E-state index contributed by atoms with van der Waals surface area (Å²) in [4.78, 5) is 9.81. The third-order valence-corrected chi connectivity index (χ3v) is 2.70. The minimum absolute atomic E-state index is 0.204. The van der Waals surface area contributed by atoms with Crippen LogP contribution in [0.4, 0.5) is 5.88 Å². The Labute approximate surface area is 92.4 Å². The minimum Gasteiger partial charge on any atom is -0.404 e. The van der Waals surface area contributed by atoms with E-state index in [2.05, 4.69) is 12.2 Å². The van der Waals surface area contributed by atoms with Crippen LogP contribution in [-0.2, 0) is 6.54 Å². The Kier molecular flexibility index (Phi) is 4.64. The van der Waals surface area contributed by atoms with Crippen molar-refractivity contribution in [3.63, 3.8) is 0 Å². The maximum absolute atomic E-state index is 10.3. The minimum atomic E-state index is -0.533. The van der Waals surface area contributed by atoms with Gasteiger partial charge in [0.1, 0.15) is 10.7 Å². The van der Waals surface area contributed by atoms with Crippen LogP contribution in [0.15, 0.2) is 16.5 Å². The molecule has 15 heavy (non-hydrogen) atoms. The van der Waals surface area contributed by atoms with Gasteiger partial charge in [-0.3, -0.25) is 10.1 Å². The first-order valence-corrected chi connectivity index (χ1v) is 5.98. The Balaban J connectivity index is 2.40. The molecule has 6 heteroatoms. The molecule has 0 radical (unpaired) electrons. The number of thioether (sulfide) groups is 1. The maximum Gasteiger partial charge on any atom is 0.433 e. The van der Waals surface area contributed by atoms with Gasteiger partial charge < -0.3 is 9.73 Å². The molecule has 1 rings (SSSR count). The summed E-state index contributed by atoms with van der Waals surface area (Å²) >= 11 is 1.75. The zero-order valence-electron chi connectivity index (χ0n) is 8.73. The standard InChI is InChI=1S/C9H14N2O3S/c1-7(6-15-2)10-5-8-3-4-9(14-8)11(12)13/h3-4,7,10H,5-6H2,1-2H3. The van der Waals surface area contributed by atoms with Gasteiger partial charge in [-0.15, -0.1) is 0 Å². The number of rotatable bonds is 6. The Morgan fingerprint density at radius 3 is 2.93 bits per heavy atom.